The molecule has 0 amide bonds. The minimum Gasteiger partial charge on any atom is -0.478 e. The van der Waals surface area contributed by atoms with Crippen molar-refractivity contribution >= 4 is 110 Å². The molecule has 16 aromatic carbocycles. The first-order chi connectivity index (χ1) is 45.0. The molecule has 0 heterocycles. The zero-order valence-electron chi connectivity index (χ0n) is 50.1. The topological polar surface area (TPSA) is 149 Å². The van der Waals surface area contributed by atoms with E-state index in [1.54, 1.807) is 24.3 Å². The summed E-state index contributed by atoms with van der Waals surface area (Å²) < 4.78 is 0. The fraction of sp³-hybridized carbons (Fsp3) is 0. The monoisotopic (exact) mass is 1400 g/mol. The van der Waals surface area contributed by atoms with Crippen LogP contribution in [0.1, 0.15) is 41.4 Å². The number of benzene rings is 16. The Morgan fingerprint density at radius 3 is 0.500 bits per heavy atom. The molecule has 8 nitrogen and oxygen atoms in total. The summed E-state index contributed by atoms with van der Waals surface area (Å²) in [5, 5.41) is 55.3. The van der Waals surface area contributed by atoms with E-state index >= 15 is 0 Å². The second-order valence-corrected chi connectivity index (χ2v) is 22.2. The molecular weight excluding hydrogens is 1340 g/mol. The van der Waals surface area contributed by atoms with Gasteiger partial charge in [0, 0.05) is 61.2 Å². The molecule has 0 unspecified atom stereocenters. The first-order valence-electron chi connectivity index (χ1n) is 29.9. The summed E-state index contributed by atoms with van der Waals surface area (Å²) in [6.07, 6.45) is 0. The van der Waals surface area contributed by atoms with Crippen molar-refractivity contribution in [2.75, 3.05) is 0 Å². The normalized spacial score (nSPS) is 10.7. The molecule has 0 atom stereocenters. The number of carboxylic acids is 4. The maximum atomic E-state index is 11.8. The number of rotatable bonds is 8. The van der Waals surface area contributed by atoms with Gasteiger partial charge in [-0.2, -0.15) is 0 Å². The maximum absolute atomic E-state index is 11.8. The van der Waals surface area contributed by atoms with E-state index in [0.29, 0.717) is 22.3 Å². The Kier molecular flexibility index (Phi) is 19.5. The molecule has 2 radical (unpaired) electrons. The van der Waals surface area contributed by atoms with Crippen molar-refractivity contribution < 1.29 is 78.6 Å². The van der Waals surface area contributed by atoms with Gasteiger partial charge in [-0.05, 0) is 133 Å². The van der Waals surface area contributed by atoms with Crippen LogP contribution in [0.15, 0.2) is 315 Å². The third-order valence-electron chi connectivity index (χ3n) is 16.9. The Labute approximate surface area is 566 Å². The number of carboxylic acid groups (broad SMARTS) is 4. The van der Waals surface area contributed by atoms with Crippen molar-refractivity contribution in [1.82, 2.24) is 0 Å². The van der Waals surface area contributed by atoms with Crippen LogP contribution in [0.25, 0.3) is 131 Å². The average molecular weight is 1400 g/mol. The van der Waals surface area contributed by atoms with E-state index in [0.717, 1.165) is 131 Å². The van der Waals surface area contributed by atoms with Crippen molar-refractivity contribution in [3.8, 4) is 44.5 Å². The van der Waals surface area contributed by atoms with Gasteiger partial charge in [-0.3, -0.25) is 0 Å². The van der Waals surface area contributed by atoms with E-state index < -0.39 is 23.9 Å². The minimum atomic E-state index is -0.904. The van der Waals surface area contributed by atoms with Gasteiger partial charge in [0.05, 0.1) is 22.3 Å². The minimum absolute atomic E-state index is 0. The summed E-state index contributed by atoms with van der Waals surface area (Å²) in [6, 6.07) is 102. The fourth-order valence-electron chi connectivity index (χ4n) is 12.7. The number of hydrogen-bond donors (Lipinski definition) is 4. The van der Waals surface area contributed by atoms with Gasteiger partial charge in [0.1, 0.15) is 0 Å². The van der Waals surface area contributed by atoms with Crippen molar-refractivity contribution in [2.45, 2.75) is 0 Å². The second kappa shape index (κ2) is 28.5. The molecule has 16 aromatic rings. The van der Waals surface area contributed by atoms with Gasteiger partial charge in [0.15, 0.2) is 0 Å². The summed E-state index contributed by atoms with van der Waals surface area (Å²) in [5.74, 6) is -3.62. The molecular formula is C84H56O8Rh2. The quantitative estimate of drug-likeness (QED) is 0.110. The molecule has 16 rings (SSSR count). The Hall–Kier alpha value is -11.3. The van der Waals surface area contributed by atoms with Crippen LogP contribution in [0.2, 0.25) is 0 Å². The summed E-state index contributed by atoms with van der Waals surface area (Å²) in [4.78, 5) is 47.1. The molecule has 94 heavy (non-hydrogen) atoms. The molecule has 4 N–H and O–H groups in total. The molecule has 458 valence electrons. The Morgan fingerprint density at radius 1 is 0.170 bits per heavy atom. The fourth-order valence-corrected chi connectivity index (χ4v) is 12.7. The first-order valence-corrected chi connectivity index (χ1v) is 29.9. The zero-order chi connectivity index (χ0) is 63.2. The van der Waals surface area contributed by atoms with E-state index in [1.807, 2.05) is 291 Å². The van der Waals surface area contributed by atoms with Crippen molar-refractivity contribution in [3.05, 3.63) is 338 Å². The van der Waals surface area contributed by atoms with E-state index in [2.05, 4.69) is 0 Å². The molecule has 0 aliphatic carbocycles. The predicted molar refractivity (Wildman–Crippen MR) is 375 cm³/mol. The largest absolute Gasteiger partial charge is 0.478 e. The van der Waals surface area contributed by atoms with Crippen LogP contribution in [0, 0.1) is 0 Å². The Morgan fingerprint density at radius 2 is 0.319 bits per heavy atom. The van der Waals surface area contributed by atoms with Crippen molar-refractivity contribution in [2.24, 2.45) is 0 Å². The first kappa shape index (κ1) is 64.3. The molecule has 10 heteroatoms. The number of fused-ring (bicyclic) bond motifs is 8. The van der Waals surface area contributed by atoms with Gasteiger partial charge in [-0.15, -0.1) is 0 Å². The van der Waals surface area contributed by atoms with Crippen LogP contribution < -0.4 is 0 Å². The molecule has 0 aliphatic rings. The summed E-state index contributed by atoms with van der Waals surface area (Å²) in [7, 11) is 0. The molecule has 0 aliphatic heterocycles. The molecule has 0 fully saturated rings. The van der Waals surface area contributed by atoms with Gasteiger partial charge in [-0.25, -0.2) is 19.2 Å². The smallest absolute Gasteiger partial charge is 0.336 e. The molecule has 0 saturated carbocycles. The standard InChI is InChI=1S/4C21H14O2.2Rh/c4*22-21(23)19-13-12-15-7-2-4-10-17(15)20(19)18-11-5-8-14-6-1-3-9-16(14)18;;/h4*1-13H,(H,22,23);;. The van der Waals surface area contributed by atoms with Gasteiger partial charge >= 0.3 is 23.9 Å². The van der Waals surface area contributed by atoms with Gasteiger partial charge in [-0.1, -0.05) is 291 Å². The Balaban J connectivity index is 0.000000127. The number of carbonyl (C=O) groups is 4. The van der Waals surface area contributed by atoms with Gasteiger partial charge in [0.2, 0.25) is 0 Å². The van der Waals surface area contributed by atoms with Crippen LogP contribution in [-0.2, 0) is 39.0 Å². The Bertz CT molecular complexity index is 4870. The van der Waals surface area contributed by atoms with E-state index in [-0.39, 0.29) is 39.0 Å². The van der Waals surface area contributed by atoms with Crippen molar-refractivity contribution in [3.63, 3.8) is 0 Å². The van der Waals surface area contributed by atoms with Crippen LogP contribution >= 0.6 is 0 Å². The summed E-state index contributed by atoms with van der Waals surface area (Å²) in [5.41, 5.74) is 8.30. The zero-order valence-corrected chi connectivity index (χ0v) is 53.4. The van der Waals surface area contributed by atoms with Gasteiger partial charge in [0.25, 0.3) is 0 Å². The van der Waals surface area contributed by atoms with Crippen molar-refractivity contribution in [1.29, 1.82) is 0 Å². The number of aromatic carboxylic acids is 4. The van der Waals surface area contributed by atoms with E-state index in [4.69, 9.17) is 0 Å². The summed E-state index contributed by atoms with van der Waals surface area (Å²) in [6.45, 7) is 0. The van der Waals surface area contributed by atoms with E-state index in [1.165, 1.54) is 0 Å². The maximum Gasteiger partial charge on any atom is 0.336 e. The van der Waals surface area contributed by atoms with Gasteiger partial charge < -0.3 is 20.4 Å². The van der Waals surface area contributed by atoms with Crippen LogP contribution in [0.3, 0.4) is 0 Å². The predicted octanol–water partition coefficient (Wildman–Crippen LogP) is 21.4. The third-order valence-corrected chi connectivity index (χ3v) is 16.9. The van der Waals surface area contributed by atoms with Crippen LogP contribution in [0.5, 0.6) is 0 Å². The number of hydrogen-bond acceptors (Lipinski definition) is 4. The van der Waals surface area contributed by atoms with E-state index in [9.17, 15) is 39.6 Å². The molecule has 0 saturated heterocycles. The summed E-state index contributed by atoms with van der Waals surface area (Å²) >= 11 is 0. The third kappa shape index (κ3) is 12.7. The molecule has 0 spiro atoms. The SMILES string of the molecule is O=C(O)c1ccc2ccccc2c1-c1cccc2ccccc12.O=C(O)c1ccc2ccccc2c1-c1cccc2ccccc12.O=C(O)c1ccc2ccccc2c1-c1cccc2ccccc12.O=C(O)c1ccc2ccccc2c1-c1cccc2ccccc12.[Rh].[Rh]. The second-order valence-electron chi connectivity index (χ2n) is 22.2. The molecule has 0 bridgehead atoms. The van der Waals surface area contributed by atoms with Crippen LogP contribution in [0.4, 0.5) is 0 Å². The average Bonchev–Trinajstić information content (AvgIpc) is 0.796. The molecule has 0 aromatic heterocycles. The van der Waals surface area contributed by atoms with Crippen LogP contribution in [-0.4, -0.2) is 44.3 Å².